The summed E-state index contributed by atoms with van der Waals surface area (Å²) in [6, 6.07) is 20.8. The molecule has 5 nitrogen and oxygen atoms in total. The third-order valence-electron chi connectivity index (χ3n) is 7.27. The first-order valence-electron chi connectivity index (χ1n) is 10.8. The maximum atomic E-state index is 12.9. The predicted molar refractivity (Wildman–Crippen MR) is 112 cm³/mol. The standard InChI is InChI=1S/C26H22O5/c27-25(15-7-2-1-3-8-15)30-23-19-14-20(24(23)31-26(28)21-11-6-12-29-21)22-17-10-5-4-9-16(17)13-18(19)22/h1-12,18-20,22-24H,13-14H2. The highest BCUT2D eigenvalue weighted by molar-refractivity contribution is 5.89. The number of fused-ring (bicyclic) bond motifs is 7. The van der Waals surface area contributed by atoms with Crippen LogP contribution in [-0.4, -0.2) is 24.1 Å². The summed E-state index contributed by atoms with van der Waals surface area (Å²) in [7, 11) is 0. The molecule has 31 heavy (non-hydrogen) atoms. The molecule has 1 aromatic heterocycles. The quantitative estimate of drug-likeness (QED) is 0.582. The number of rotatable bonds is 4. The van der Waals surface area contributed by atoms with E-state index in [2.05, 4.69) is 24.3 Å². The van der Waals surface area contributed by atoms with E-state index in [0.29, 0.717) is 17.4 Å². The first-order valence-corrected chi connectivity index (χ1v) is 10.8. The van der Waals surface area contributed by atoms with Crippen molar-refractivity contribution < 1.29 is 23.5 Å². The number of benzene rings is 2. The summed E-state index contributed by atoms with van der Waals surface area (Å²) in [5.74, 6) is 0.335. The molecule has 0 radical (unpaired) electrons. The summed E-state index contributed by atoms with van der Waals surface area (Å²) in [5, 5.41) is 0. The van der Waals surface area contributed by atoms with E-state index in [1.54, 1.807) is 24.3 Å². The van der Waals surface area contributed by atoms with Crippen LogP contribution in [0.5, 0.6) is 0 Å². The molecule has 2 bridgehead atoms. The topological polar surface area (TPSA) is 65.7 Å². The fourth-order valence-electron chi connectivity index (χ4n) is 6.11. The Labute approximate surface area is 180 Å². The molecule has 0 amide bonds. The van der Waals surface area contributed by atoms with E-state index in [4.69, 9.17) is 13.9 Å². The lowest BCUT2D eigenvalue weighted by atomic mass is 9.76. The van der Waals surface area contributed by atoms with Crippen LogP contribution >= 0.6 is 0 Å². The molecule has 3 aromatic rings. The molecule has 0 aliphatic heterocycles. The van der Waals surface area contributed by atoms with Crippen LogP contribution in [0.3, 0.4) is 0 Å². The summed E-state index contributed by atoms with van der Waals surface area (Å²) in [4.78, 5) is 25.6. The van der Waals surface area contributed by atoms with Crippen molar-refractivity contribution >= 4 is 11.9 Å². The predicted octanol–water partition coefficient (Wildman–Crippen LogP) is 4.64. The van der Waals surface area contributed by atoms with Crippen molar-refractivity contribution in [3.63, 3.8) is 0 Å². The first kappa shape index (κ1) is 18.4. The molecule has 2 aromatic carbocycles. The highest BCUT2D eigenvalue weighted by atomic mass is 16.6. The van der Waals surface area contributed by atoms with Crippen LogP contribution in [0, 0.1) is 17.8 Å². The number of carbonyl (C=O) groups excluding carboxylic acids is 2. The lowest BCUT2D eigenvalue weighted by Crippen LogP contribution is -2.45. The molecule has 156 valence electrons. The number of hydrogen-bond donors (Lipinski definition) is 0. The number of ether oxygens (including phenoxy) is 2. The maximum absolute atomic E-state index is 12.9. The van der Waals surface area contributed by atoms with Gasteiger partial charge in [-0.25, -0.2) is 9.59 Å². The zero-order valence-electron chi connectivity index (χ0n) is 16.8. The monoisotopic (exact) mass is 414 g/mol. The van der Waals surface area contributed by atoms with Crippen molar-refractivity contribution in [3.8, 4) is 0 Å². The Kier molecular flexibility index (Phi) is 4.23. The van der Waals surface area contributed by atoms with Gasteiger partial charge in [0.15, 0.2) is 0 Å². The molecule has 2 saturated carbocycles. The molecule has 0 saturated heterocycles. The maximum Gasteiger partial charge on any atom is 0.374 e. The van der Waals surface area contributed by atoms with E-state index in [9.17, 15) is 9.59 Å². The van der Waals surface area contributed by atoms with Crippen molar-refractivity contribution in [3.05, 3.63) is 95.4 Å². The van der Waals surface area contributed by atoms with Gasteiger partial charge in [0, 0.05) is 11.8 Å². The van der Waals surface area contributed by atoms with Crippen LogP contribution in [-0.2, 0) is 15.9 Å². The molecule has 2 fully saturated rings. The third kappa shape index (κ3) is 2.91. The molecule has 6 atom stereocenters. The van der Waals surface area contributed by atoms with Gasteiger partial charge in [0.05, 0.1) is 11.8 Å². The second-order valence-electron chi connectivity index (χ2n) is 8.74. The molecule has 0 N–H and O–H groups in total. The van der Waals surface area contributed by atoms with Gasteiger partial charge >= 0.3 is 11.9 Å². The largest absolute Gasteiger partial charge is 0.457 e. The van der Waals surface area contributed by atoms with E-state index in [1.807, 2.05) is 18.2 Å². The van der Waals surface area contributed by atoms with Crippen LogP contribution in [0.25, 0.3) is 0 Å². The van der Waals surface area contributed by atoms with Crippen LogP contribution in [0.15, 0.2) is 77.4 Å². The number of carbonyl (C=O) groups is 2. The third-order valence-corrected chi connectivity index (χ3v) is 7.27. The molecule has 5 heteroatoms. The zero-order chi connectivity index (χ0) is 20.9. The molecule has 6 unspecified atom stereocenters. The Hall–Kier alpha value is -3.34. The van der Waals surface area contributed by atoms with Crippen LogP contribution in [0.1, 0.15) is 44.4 Å². The van der Waals surface area contributed by atoms with E-state index >= 15 is 0 Å². The summed E-state index contributed by atoms with van der Waals surface area (Å²) in [5.41, 5.74) is 3.22. The number of furan rings is 1. The summed E-state index contributed by atoms with van der Waals surface area (Å²) in [6.45, 7) is 0. The van der Waals surface area contributed by atoms with E-state index in [-0.39, 0.29) is 23.6 Å². The fourth-order valence-corrected chi connectivity index (χ4v) is 6.11. The smallest absolute Gasteiger partial charge is 0.374 e. The van der Waals surface area contributed by atoms with Gasteiger partial charge < -0.3 is 13.9 Å². The van der Waals surface area contributed by atoms with E-state index in [0.717, 1.165) is 12.8 Å². The van der Waals surface area contributed by atoms with Gasteiger partial charge in [-0.05, 0) is 60.1 Å². The Balaban J connectivity index is 1.32. The summed E-state index contributed by atoms with van der Waals surface area (Å²) in [6.07, 6.45) is 2.40. The van der Waals surface area contributed by atoms with Crippen LogP contribution in [0.2, 0.25) is 0 Å². The van der Waals surface area contributed by atoms with Crippen molar-refractivity contribution in [2.75, 3.05) is 0 Å². The highest BCUT2D eigenvalue weighted by Crippen LogP contribution is 2.62. The molecule has 1 heterocycles. The van der Waals surface area contributed by atoms with E-state index in [1.165, 1.54) is 17.4 Å². The minimum absolute atomic E-state index is 0.131. The molecule has 3 aliphatic rings. The second-order valence-corrected chi connectivity index (χ2v) is 8.74. The molecular weight excluding hydrogens is 392 g/mol. The minimum Gasteiger partial charge on any atom is -0.457 e. The lowest BCUT2D eigenvalue weighted by molar-refractivity contribution is -0.0708. The Morgan fingerprint density at radius 3 is 2.32 bits per heavy atom. The lowest BCUT2D eigenvalue weighted by Gasteiger charge is -2.37. The van der Waals surface area contributed by atoms with Crippen molar-refractivity contribution in [1.29, 1.82) is 0 Å². The van der Waals surface area contributed by atoms with Gasteiger partial charge in [-0.15, -0.1) is 0 Å². The zero-order valence-corrected chi connectivity index (χ0v) is 16.8. The molecule has 3 aliphatic carbocycles. The normalized spacial score (nSPS) is 29.9. The minimum atomic E-state index is -0.508. The Bertz CT molecular complexity index is 1120. The first-order chi connectivity index (χ1) is 15.2. The second kappa shape index (κ2) is 7.12. The van der Waals surface area contributed by atoms with E-state index < -0.39 is 18.2 Å². The van der Waals surface area contributed by atoms with Crippen LogP contribution in [0.4, 0.5) is 0 Å². The van der Waals surface area contributed by atoms with Crippen molar-refractivity contribution in [2.24, 2.45) is 17.8 Å². The Morgan fingerprint density at radius 1 is 0.774 bits per heavy atom. The Morgan fingerprint density at radius 2 is 1.52 bits per heavy atom. The highest BCUT2D eigenvalue weighted by Gasteiger charge is 2.63. The van der Waals surface area contributed by atoms with Gasteiger partial charge in [-0.1, -0.05) is 42.5 Å². The molecular formula is C26H22O5. The summed E-state index contributed by atoms with van der Waals surface area (Å²) >= 11 is 0. The average molecular weight is 414 g/mol. The van der Waals surface area contributed by atoms with Gasteiger partial charge in [-0.3, -0.25) is 0 Å². The van der Waals surface area contributed by atoms with Crippen molar-refractivity contribution in [2.45, 2.75) is 31.0 Å². The number of esters is 2. The van der Waals surface area contributed by atoms with Gasteiger partial charge in [0.25, 0.3) is 0 Å². The van der Waals surface area contributed by atoms with Gasteiger partial charge in [0.1, 0.15) is 12.2 Å². The average Bonchev–Trinajstić information content (AvgIpc) is 3.57. The molecule has 6 rings (SSSR count). The van der Waals surface area contributed by atoms with Crippen molar-refractivity contribution in [1.82, 2.24) is 0 Å². The fraction of sp³-hybridized carbons (Fsp3) is 0.308. The van der Waals surface area contributed by atoms with Gasteiger partial charge in [0.2, 0.25) is 5.76 Å². The van der Waals surface area contributed by atoms with Crippen LogP contribution < -0.4 is 0 Å². The number of hydrogen-bond acceptors (Lipinski definition) is 5. The SMILES string of the molecule is O=C(OC1C2CC(C1OC(=O)c1ccco1)C1c3ccccc3CC21)c1ccccc1. The molecule has 0 spiro atoms. The van der Waals surface area contributed by atoms with Gasteiger partial charge in [-0.2, -0.15) is 0 Å². The summed E-state index contributed by atoms with van der Waals surface area (Å²) < 4.78 is 17.2.